The molecule has 0 unspecified atom stereocenters. The number of carbonyl (C=O) groups excluding carboxylic acids is 1. The van der Waals surface area contributed by atoms with E-state index in [1.807, 2.05) is 24.4 Å². The van der Waals surface area contributed by atoms with E-state index in [0.717, 1.165) is 64.2 Å². The van der Waals surface area contributed by atoms with Gasteiger partial charge in [-0.1, -0.05) is 0 Å². The molecule has 49 heavy (non-hydrogen) atoms. The van der Waals surface area contributed by atoms with E-state index >= 15 is 4.39 Å². The number of aryl methyl sites for hydroxylation is 2. The van der Waals surface area contributed by atoms with Crippen LogP contribution in [0, 0.1) is 5.82 Å². The molecule has 6 heterocycles. The number of nitrogens with zero attached hydrogens (tertiary/aromatic N) is 6. The lowest BCUT2D eigenvalue weighted by Crippen LogP contribution is -2.59. The Bertz CT molecular complexity index is 1970. The summed E-state index contributed by atoms with van der Waals surface area (Å²) in [6, 6.07) is 11.0. The summed E-state index contributed by atoms with van der Waals surface area (Å²) in [6.07, 6.45) is 7.59. The maximum Gasteiger partial charge on any atom is 0.274 e. The van der Waals surface area contributed by atoms with E-state index in [0.29, 0.717) is 59.1 Å². The van der Waals surface area contributed by atoms with Crippen LogP contribution in [0.15, 0.2) is 53.6 Å². The predicted octanol–water partition coefficient (Wildman–Crippen LogP) is 4.07. The van der Waals surface area contributed by atoms with Crippen LogP contribution in [-0.2, 0) is 37.8 Å². The Balaban J connectivity index is 1.06. The Hall–Kier alpha value is -4.52. The van der Waals surface area contributed by atoms with Crippen LogP contribution in [0.5, 0.6) is 0 Å². The molecule has 3 aliphatic heterocycles. The number of piperazine rings is 1. The Labute approximate surface area is 284 Å². The van der Waals surface area contributed by atoms with Crippen molar-refractivity contribution in [1.82, 2.24) is 19.0 Å². The molecule has 1 amide bonds. The number of amides is 1. The van der Waals surface area contributed by atoms with E-state index in [1.54, 1.807) is 24.2 Å². The van der Waals surface area contributed by atoms with Crippen LogP contribution in [0.2, 0.25) is 0 Å². The number of benzene rings is 1. The van der Waals surface area contributed by atoms with Gasteiger partial charge in [0.1, 0.15) is 23.0 Å². The lowest BCUT2D eigenvalue weighted by atomic mass is 9.97. The second-order valence-corrected chi connectivity index (χ2v) is 13.7. The van der Waals surface area contributed by atoms with Crippen molar-refractivity contribution in [3.63, 3.8) is 0 Å². The monoisotopic (exact) mass is 667 g/mol. The zero-order valence-corrected chi connectivity index (χ0v) is 28.0. The number of ether oxygens (including phenoxy) is 1. The van der Waals surface area contributed by atoms with Crippen molar-refractivity contribution in [1.29, 1.82) is 0 Å². The fourth-order valence-corrected chi connectivity index (χ4v) is 8.01. The number of hydrogen-bond donors (Lipinski definition) is 2. The Morgan fingerprint density at radius 3 is 2.61 bits per heavy atom. The van der Waals surface area contributed by atoms with Crippen molar-refractivity contribution in [3.05, 3.63) is 87.5 Å². The first-order chi connectivity index (χ1) is 23.8. The van der Waals surface area contributed by atoms with Crippen molar-refractivity contribution in [2.75, 3.05) is 54.5 Å². The fourth-order valence-electron chi connectivity index (χ4n) is 8.01. The third-order valence-electron chi connectivity index (χ3n) is 10.7. The van der Waals surface area contributed by atoms with Gasteiger partial charge in [0.15, 0.2) is 0 Å². The first-order valence-corrected chi connectivity index (χ1v) is 17.3. The summed E-state index contributed by atoms with van der Waals surface area (Å²) < 4.78 is 24.3. The molecule has 1 aliphatic carbocycles. The zero-order chi connectivity index (χ0) is 33.8. The standard InChI is InChI=1S/C37H42FN7O4/c1-23-18-42(28-21-49-22-28)9-10-43(23)27-7-8-35(39-17-27)40-31-13-25(19-41(2)36(31)47)29-15-26(38)16-33(30(29)20-46)45-12-11-44-32-6-4-3-5-24(32)14-34(44)37(45)48/h7-8,13-17,19,23,28,46H,3-6,9-12,18,20-22H2,1-2H3,(H,39,40)/t23-/m0/s1. The highest BCUT2D eigenvalue weighted by Gasteiger charge is 2.33. The summed E-state index contributed by atoms with van der Waals surface area (Å²) in [4.78, 5) is 38.2. The molecule has 256 valence electrons. The molecule has 1 aromatic carbocycles. The molecular formula is C37H42FN7O4. The van der Waals surface area contributed by atoms with Crippen molar-refractivity contribution in [2.24, 2.45) is 7.05 Å². The van der Waals surface area contributed by atoms with E-state index in [4.69, 9.17) is 4.74 Å². The van der Waals surface area contributed by atoms with Gasteiger partial charge in [-0.25, -0.2) is 9.37 Å². The highest BCUT2D eigenvalue weighted by molar-refractivity contribution is 6.07. The Morgan fingerprint density at radius 1 is 1.04 bits per heavy atom. The molecule has 0 saturated carbocycles. The average molecular weight is 668 g/mol. The van der Waals surface area contributed by atoms with Gasteiger partial charge in [-0.3, -0.25) is 14.5 Å². The number of fused-ring (bicyclic) bond motifs is 3. The van der Waals surface area contributed by atoms with Gasteiger partial charge in [0.2, 0.25) is 0 Å². The van der Waals surface area contributed by atoms with Crippen LogP contribution in [0.1, 0.15) is 47.1 Å². The van der Waals surface area contributed by atoms with E-state index < -0.39 is 12.4 Å². The SMILES string of the molecule is C[C@H]1CN(C2COC2)CCN1c1ccc(Nc2cc(-c3cc(F)cc(N4CCn5c(cc6c5CCCC6)C4=O)c3CO)cn(C)c2=O)nc1. The number of pyridine rings is 2. The van der Waals surface area contributed by atoms with Crippen LogP contribution in [-0.4, -0.2) is 81.5 Å². The average Bonchev–Trinajstić information content (AvgIpc) is 3.46. The second kappa shape index (κ2) is 12.7. The minimum atomic E-state index is -0.535. The van der Waals surface area contributed by atoms with Crippen molar-refractivity contribution >= 4 is 28.8 Å². The molecule has 0 spiro atoms. The van der Waals surface area contributed by atoms with Crippen molar-refractivity contribution < 1.29 is 19.0 Å². The molecular weight excluding hydrogens is 625 g/mol. The first-order valence-electron chi connectivity index (χ1n) is 17.3. The zero-order valence-electron chi connectivity index (χ0n) is 28.0. The lowest BCUT2D eigenvalue weighted by Gasteiger charge is -2.46. The number of aromatic nitrogens is 3. The summed E-state index contributed by atoms with van der Waals surface area (Å²) >= 11 is 0. The second-order valence-electron chi connectivity index (χ2n) is 13.7. The van der Waals surface area contributed by atoms with Crippen LogP contribution < -0.4 is 20.7 Å². The number of aliphatic hydroxyl groups is 1. The quantitative estimate of drug-likeness (QED) is 0.304. The van der Waals surface area contributed by atoms with Gasteiger partial charge >= 0.3 is 0 Å². The third-order valence-corrected chi connectivity index (χ3v) is 10.7. The molecule has 0 radical (unpaired) electrons. The van der Waals surface area contributed by atoms with Crippen LogP contribution in [0.25, 0.3) is 11.1 Å². The molecule has 8 rings (SSSR count). The van der Waals surface area contributed by atoms with Crippen LogP contribution >= 0.6 is 0 Å². The largest absolute Gasteiger partial charge is 0.392 e. The third kappa shape index (κ3) is 5.71. The summed E-state index contributed by atoms with van der Waals surface area (Å²) in [6.45, 7) is 7.24. The maximum absolute atomic E-state index is 15.4. The highest BCUT2D eigenvalue weighted by atomic mass is 19.1. The van der Waals surface area contributed by atoms with Gasteiger partial charge < -0.3 is 34.1 Å². The minimum absolute atomic E-state index is 0.200. The van der Waals surface area contributed by atoms with Crippen molar-refractivity contribution in [2.45, 2.75) is 57.8 Å². The van der Waals surface area contributed by atoms with Crippen LogP contribution in [0.4, 0.5) is 27.3 Å². The maximum atomic E-state index is 15.4. The molecule has 4 aromatic rings. The lowest BCUT2D eigenvalue weighted by molar-refractivity contribution is -0.0691. The molecule has 2 N–H and O–H groups in total. The van der Waals surface area contributed by atoms with Gasteiger partial charge in [0.05, 0.1) is 43.4 Å². The minimum Gasteiger partial charge on any atom is -0.392 e. The number of carbonyl (C=O) groups is 1. The number of nitrogens with one attached hydrogen (secondary N) is 1. The predicted molar refractivity (Wildman–Crippen MR) is 186 cm³/mol. The van der Waals surface area contributed by atoms with Gasteiger partial charge in [0.25, 0.3) is 11.5 Å². The molecule has 12 heteroatoms. The molecule has 2 saturated heterocycles. The fraction of sp³-hybridized carbons (Fsp3) is 0.432. The normalized spacial score (nSPS) is 19.8. The van der Waals surface area contributed by atoms with Crippen molar-refractivity contribution in [3.8, 4) is 11.1 Å². The molecule has 3 aromatic heterocycles. The Kier molecular flexibility index (Phi) is 8.25. The number of hydrogen-bond acceptors (Lipinski definition) is 8. The number of halogens is 1. The summed E-state index contributed by atoms with van der Waals surface area (Å²) in [5, 5.41) is 13.8. The van der Waals surface area contributed by atoms with E-state index in [-0.39, 0.29) is 17.2 Å². The Morgan fingerprint density at radius 2 is 1.88 bits per heavy atom. The number of rotatable bonds is 7. The highest BCUT2D eigenvalue weighted by Crippen LogP contribution is 2.37. The van der Waals surface area contributed by atoms with Crippen LogP contribution in [0.3, 0.4) is 0 Å². The van der Waals surface area contributed by atoms with E-state index in [2.05, 4.69) is 31.6 Å². The van der Waals surface area contributed by atoms with Gasteiger partial charge in [-0.2, -0.15) is 0 Å². The van der Waals surface area contributed by atoms with E-state index in [1.165, 1.54) is 28.0 Å². The number of aliphatic hydroxyl groups excluding tert-OH is 1. The molecule has 0 bridgehead atoms. The number of anilines is 4. The van der Waals surface area contributed by atoms with Gasteiger partial charge in [0, 0.05) is 68.8 Å². The smallest absolute Gasteiger partial charge is 0.274 e. The summed E-state index contributed by atoms with van der Waals surface area (Å²) in [5.74, 6) is -0.233. The molecule has 4 aliphatic rings. The topological polar surface area (TPSA) is 108 Å². The summed E-state index contributed by atoms with van der Waals surface area (Å²) in [5.41, 5.74) is 5.76. The van der Waals surface area contributed by atoms with Gasteiger partial charge in [-0.15, -0.1) is 0 Å². The van der Waals surface area contributed by atoms with E-state index in [9.17, 15) is 14.7 Å². The molecule has 2 fully saturated rings. The first kappa shape index (κ1) is 31.7. The van der Waals surface area contributed by atoms with Gasteiger partial charge in [-0.05, 0) is 80.1 Å². The summed E-state index contributed by atoms with van der Waals surface area (Å²) in [7, 11) is 1.63. The molecule has 11 nitrogen and oxygen atoms in total. The molecule has 1 atom stereocenters.